The summed E-state index contributed by atoms with van der Waals surface area (Å²) in [6, 6.07) is 16.7. The Kier molecular flexibility index (Phi) is 7.37. The highest BCUT2D eigenvalue weighted by Gasteiger charge is 2.42. The Morgan fingerprint density at radius 1 is 1.06 bits per heavy atom. The molecule has 2 aliphatic heterocycles. The van der Waals surface area contributed by atoms with E-state index in [-0.39, 0.29) is 11.4 Å². The van der Waals surface area contributed by atoms with Gasteiger partial charge in [-0.05, 0) is 30.5 Å². The summed E-state index contributed by atoms with van der Waals surface area (Å²) in [6.45, 7) is 6.50. The number of ether oxygens (including phenoxy) is 1. The number of allylic oxidation sites excluding steroid dienone is 1. The van der Waals surface area contributed by atoms with E-state index >= 15 is 0 Å². The quantitative estimate of drug-likeness (QED) is 0.627. The molecule has 1 saturated heterocycles. The molecule has 33 heavy (non-hydrogen) atoms. The average Bonchev–Trinajstić information content (AvgIpc) is 3.09. The second-order valence-electron chi connectivity index (χ2n) is 8.49. The van der Waals surface area contributed by atoms with Crippen LogP contribution in [0.3, 0.4) is 0 Å². The van der Waals surface area contributed by atoms with Crippen molar-refractivity contribution in [3.63, 3.8) is 0 Å². The summed E-state index contributed by atoms with van der Waals surface area (Å²) in [5.74, 6) is -1.29. The lowest BCUT2D eigenvalue weighted by Crippen LogP contribution is -2.39. The lowest BCUT2D eigenvalue weighted by molar-refractivity contribution is -0.129. The summed E-state index contributed by atoms with van der Waals surface area (Å²) in [7, 11) is 0. The Hall–Kier alpha value is -3.22. The van der Waals surface area contributed by atoms with E-state index in [1.807, 2.05) is 61.5 Å². The topological polar surface area (TPSA) is 70.1 Å². The van der Waals surface area contributed by atoms with Crippen molar-refractivity contribution >= 4 is 17.8 Å². The minimum atomic E-state index is -0.601. The van der Waals surface area contributed by atoms with Crippen LogP contribution < -0.4 is 0 Å². The van der Waals surface area contributed by atoms with E-state index in [1.54, 1.807) is 11.0 Å². The molecule has 4 rings (SSSR count). The molecule has 0 radical (unpaired) electrons. The van der Waals surface area contributed by atoms with Crippen LogP contribution in [0.5, 0.6) is 0 Å². The number of hydrogen-bond acceptors (Lipinski definition) is 5. The van der Waals surface area contributed by atoms with Crippen molar-refractivity contribution in [2.75, 3.05) is 39.4 Å². The molecular weight excluding hydrogens is 416 g/mol. The third-order valence-electron chi connectivity index (χ3n) is 6.17. The van der Waals surface area contributed by atoms with Gasteiger partial charge in [-0.15, -0.1) is 0 Å². The molecule has 0 aliphatic carbocycles. The molecule has 2 aromatic carbocycles. The van der Waals surface area contributed by atoms with Gasteiger partial charge in [0.2, 0.25) is 0 Å². The van der Waals surface area contributed by atoms with Gasteiger partial charge in [0, 0.05) is 26.2 Å². The maximum absolute atomic E-state index is 13.2. The Morgan fingerprint density at radius 2 is 1.76 bits per heavy atom. The number of amides is 1. The van der Waals surface area contributed by atoms with Gasteiger partial charge in [-0.1, -0.05) is 66.2 Å². The molecule has 0 saturated carbocycles. The minimum Gasteiger partial charge on any atom is -0.503 e. The summed E-state index contributed by atoms with van der Waals surface area (Å²) in [5.41, 5.74) is 2.93. The molecule has 6 heteroatoms. The van der Waals surface area contributed by atoms with Crippen molar-refractivity contribution in [1.29, 1.82) is 0 Å². The van der Waals surface area contributed by atoms with Crippen LogP contribution in [0.25, 0.3) is 6.08 Å². The van der Waals surface area contributed by atoms with Crippen LogP contribution in [0.15, 0.2) is 72.0 Å². The SMILES string of the molecule is Cc1ccc(C2C(C(=O)C=Cc3ccccc3)=C(O)C(=O)N2CCCN2CCOCC2)cc1. The number of morpholine rings is 1. The Morgan fingerprint density at radius 3 is 2.45 bits per heavy atom. The van der Waals surface area contributed by atoms with Crippen LogP contribution in [0.1, 0.15) is 29.2 Å². The zero-order chi connectivity index (χ0) is 23.2. The standard InChI is InChI=1S/C27H30N2O4/c1-20-8-11-22(12-9-20)25-24(23(30)13-10-21-6-3-2-4-7-21)26(31)27(32)29(25)15-5-14-28-16-18-33-19-17-28/h2-4,6-13,25,31H,5,14-19H2,1H3. The molecule has 1 N–H and O–H groups in total. The summed E-state index contributed by atoms with van der Waals surface area (Å²) >= 11 is 0. The van der Waals surface area contributed by atoms with Crippen molar-refractivity contribution < 1.29 is 19.4 Å². The Balaban J connectivity index is 1.56. The van der Waals surface area contributed by atoms with E-state index in [9.17, 15) is 14.7 Å². The third-order valence-corrected chi connectivity index (χ3v) is 6.17. The first-order valence-corrected chi connectivity index (χ1v) is 11.4. The van der Waals surface area contributed by atoms with E-state index in [1.165, 1.54) is 6.08 Å². The average molecular weight is 447 g/mol. The zero-order valence-corrected chi connectivity index (χ0v) is 18.9. The van der Waals surface area contributed by atoms with Gasteiger partial charge in [-0.2, -0.15) is 0 Å². The van der Waals surface area contributed by atoms with Crippen molar-refractivity contribution in [3.05, 3.63) is 88.7 Å². The van der Waals surface area contributed by atoms with Crippen LogP contribution >= 0.6 is 0 Å². The first kappa shape index (κ1) is 23.0. The van der Waals surface area contributed by atoms with Gasteiger partial charge >= 0.3 is 0 Å². The van der Waals surface area contributed by atoms with Gasteiger partial charge in [-0.3, -0.25) is 14.5 Å². The smallest absolute Gasteiger partial charge is 0.290 e. The normalized spacial score (nSPS) is 19.6. The monoisotopic (exact) mass is 446 g/mol. The van der Waals surface area contributed by atoms with E-state index < -0.39 is 17.7 Å². The molecule has 2 aliphatic rings. The molecule has 0 spiro atoms. The lowest BCUT2D eigenvalue weighted by Gasteiger charge is -2.30. The number of benzene rings is 2. The highest BCUT2D eigenvalue weighted by molar-refractivity contribution is 6.14. The number of rotatable bonds is 8. The van der Waals surface area contributed by atoms with E-state index in [0.29, 0.717) is 6.54 Å². The third kappa shape index (κ3) is 5.41. The fraction of sp³-hybridized carbons (Fsp3) is 0.333. The van der Waals surface area contributed by atoms with Crippen molar-refractivity contribution in [3.8, 4) is 0 Å². The van der Waals surface area contributed by atoms with Gasteiger partial charge in [0.05, 0.1) is 24.8 Å². The first-order valence-electron chi connectivity index (χ1n) is 11.4. The van der Waals surface area contributed by atoms with Gasteiger partial charge in [0.15, 0.2) is 11.5 Å². The van der Waals surface area contributed by atoms with Gasteiger partial charge < -0.3 is 14.7 Å². The van der Waals surface area contributed by atoms with Crippen LogP contribution in [0.4, 0.5) is 0 Å². The number of ketones is 1. The van der Waals surface area contributed by atoms with Crippen LogP contribution in [-0.2, 0) is 14.3 Å². The molecule has 0 bridgehead atoms. The van der Waals surface area contributed by atoms with E-state index in [4.69, 9.17) is 4.74 Å². The van der Waals surface area contributed by atoms with Crippen molar-refractivity contribution in [1.82, 2.24) is 9.80 Å². The molecule has 1 atom stereocenters. The highest BCUT2D eigenvalue weighted by Crippen LogP contribution is 2.38. The Labute approximate surface area is 194 Å². The van der Waals surface area contributed by atoms with Crippen molar-refractivity contribution in [2.45, 2.75) is 19.4 Å². The molecule has 1 fully saturated rings. The summed E-state index contributed by atoms with van der Waals surface area (Å²) in [6.07, 6.45) is 3.90. The van der Waals surface area contributed by atoms with Gasteiger partial charge in [-0.25, -0.2) is 0 Å². The summed E-state index contributed by atoms with van der Waals surface area (Å²) in [5, 5.41) is 10.7. The number of aliphatic hydroxyl groups is 1. The maximum Gasteiger partial charge on any atom is 0.290 e. The number of carbonyl (C=O) groups excluding carboxylic acids is 2. The van der Waals surface area contributed by atoms with Gasteiger partial charge in [0.1, 0.15) is 0 Å². The highest BCUT2D eigenvalue weighted by atomic mass is 16.5. The molecule has 1 amide bonds. The summed E-state index contributed by atoms with van der Waals surface area (Å²) < 4.78 is 5.40. The number of aliphatic hydroxyl groups excluding tert-OH is 1. The molecule has 2 aromatic rings. The van der Waals surface area contributed by atoms with Crippen LogP contribution in [0, 0.1) is 6.92 Å². The number of nitrogens with zero attached hydrogens (tertiary/aromatic N) is 2. The Bertz CT molecular complexity index is 1040. The molecule has 2 heterocycles. The molecule has 172 valence electrons. The number of carbonyl (C=O) groups is 2. The zero-order valence-electron chi connectivity index (χ0n) is 18.9. The predicted octanol–water partition coefficient (Wildman–Crippen LogP) is 3.70. The maximum atomic E-state index is 13.2. The van der Waals surface area contributed by atoms with E-state index in [0.717, 1.165) is 56.0 Å². The van der Waals surface area contributed by atoms with Crippen molar-refractivity contribution in [2.24, 2.45) is 0 Å². The predicted molar refractivity (Wildman–Crippen MR) is 128 cm³/mol. The molecule has 6 nitrogen and oxygen atoms in total. The van der Waals surface area contributed by atoms with Crippen LogP contribution in [0.2, 0.25) is 0 Å². The molecular formula is C27H30N2O4. The second-order valence-corrected chi connectivity index (χ2v) is 8.49. The number of aryl methyl sites for hydroxylation is 1. The van der Waals surface area contributed by atoms with Crippen LogP contribution in [-0.4, -0.2) is 66.0 Å². The molecule has 0 aromatic heterocycles. The largest absolute Gasteiger partial charge is 0.503 e. The first-order chi connectivity index (χ1) is 16.0. The fourth-order valence-corrected chi connectivity index (χ4v) is 4.35. The lowest BCUT2D eigenvalue weighted by atomic mass is 9.95. The second kappa shape index (κ2) is 10.6. The number of hydrogen-bond donors (Lipinski definition) is 1. The molecule has 1 unspecified atom stereocenters. The van der Waals surface area contributed by atoms with E-state index in [2.05, 4.69) is 4.90 Å². The summed E-state index contributed by atoms with van der Waals surface area (Å²) in [4.78, 5) is 30.2. The fourth-order valence-electron chi connectivity index (χ4n) is 4.35. The minimum absolute atomic E-state index is 0.141. The van der Waals surface area contributed by atoms with Gasteiger partial charge in [0.25, 0.3) is 5.91 Å².